The molecule has 0 aliphatic heterocycles. The summed E-state index contributed by atoms with van der Waals surface area (Å²) in [5.74, 6) is -0.538. The molecular weight excluding hydrogens is 356 g/mol. The van der Waals surface area contributed by atoms with Crippen molar-refractivity contribution in [2.24, 2.45) is 0 Å². The number of anilines is 1. The molecular formula is C18H16N2O3S2. The van der Waals surface area contributed by atoms with E-state index >= 15 is 0 Å². The first kappa shape index (κ1) is 17.3. The summed E-state index contributed by atoms with van der Waals surface area (Å²) >= 11 is 2.94. The number of rotatable bonds is 6. The van der Waals surface area contributed by atoms with E-state index in [4.69, 9.17) is 4.74 Å². The molecule has 0 aliphatic rings. The molecule has 2 heterocycles. The number of thiophene rings is 1. The summed E-state index contributed by atoms with van der Waals surface area (Å²) in [5.41, 5.74) is 3.85. The maximum atomic E-state index is 12.1. The van der Waals surface area contributed by atoms with Crippen LogP contribution in [0.2, 0.25) is 0 Å². The van der Waals surface area contributed by atoms with Crippen molar-refractivity contribution in [1.29, 1.82) is 0 Å². The summed E-state index contributed by atoms with van der Waals surface area (Å²) in [4.78, 5) is 30.0. The minimum atomic E-state index is -0.377. The Morgan fingerprint density at radius 3 is 2.60 bits per heavy atom. The van der Waals surface area contributed by atoms with Crippen molar-refractivity contribution in [3.63, 3.8) is 0 Å². The molecule has 5 nitrogen and oxygen atoms in total. The first-order valence-electron chi connectivity index (χ1n) is 7.64. The highest BCUT2D eigenvalue weighted by Crippen LogP contribution is 2.16. The van der Waals surface area contributed by atoms with Gasteiger partial charge in [-0.3, -0.25) is 4.79 Å². The smallest absolute Gasteiger partial charge is 0.338 e. The number of benzene rings is 1. The molecule has 2 aromatic heterocycles. The Balaban J connectivity index is 1.52. The number of hydrogen-bond acceptors (Lipinski definition) is 6. The molecule has 0 atom stereocenters. The highest BCUT2D eigenvalue weighted by Gasteiger charge is 2.10. The number of hydrogen-bond donors (Lipinski definition) is 1. The topological polar surface area (TPSA) is 68.3 Å². The maximum absolute atomic E-state index is 12.1. The number of carbonyl (C=O) groups excluding carboxylic acids is 2. The normalized spacial score (nSPS) is 10.4. The van der Waals surface area contributed by atoms with Gasteiger partial charge < -0.3 is 10.1 Å². The lowest BCUT2D eigenvalue weighted by molar-refractivity contribution is 0.0509. The van der Waals surface area contributed by atoms with Crippen molar-refractivity contribution in [2.75, 3.05) is 11.9 Å². The summed E-state index contributed by atoms with van der Waals surface area (Å²) < 4.78 is 5.29. The number of aromatic nitrogens is 1. The molecule has 0 radical (unpaired) electrons. The third-order valence-electron chi connectivity index (χ3n) is 3.53. The third-order valence-corrected chi connectivity index (χ3v) is 5.39. The highest BCUT2D eigenvalue weighted by atomic mass is 32.1. The van der Waals surface area contributed by atoms with Crippen molar-refractivity contribution in [3.8, 4) is 0 Å². The van der Waals surface area contributed by atoms with E-state index in [0.29, 0.717) is 29.2 Å². The number of amides is 1. The zero-order chi connectivity index (χ0) is 17.6. The number of nitrogens with one attached hydrogen (secondary N) is 1. The van der Waals surface area contributed by atoms with Gasteiger partial charge in [-0.25, -0.2) is 9.78 Å². The monoisotopic (exact) mass is 372 g/mol. The zero-order valence-electron chi connectivity index (χ0n) is 13.5. The van der Waals surface area contributed by atoms with E-state index in [1.54, 1.807) is 47.2 Å². The van der Waals surface area contributed by atoms with Crippen LogP contribution in [0.4, 0.5) is 5.69 Å². The molecule has 25 heavy (non-hydrogen) atoms. The van der Waals surface area contributed by atoms with E-state index in [-0.39, 0.29) is 11.9 Å². The van der Waals surface area contributed by atoms with Gasteiger partial charge in [0.2, 0.25) is 0 Å². The largest absolute Gasteiger partial charge is 0.462 e. The maximum Gasteiger partial charge on any atom is 0.338 e. The van der Waals surface area contributed by atoms with Gasteiger partial charge in [0.05, 0.1) is 28.3 Å². The Labute approximate surface area is 153 Å². The Bertz CT molecular complexity index is 855. The van der Waals surface area contributed by atoms with Crippen LogP contribution in [0.1, 0.15) is 30.6 Å². The van der Waals surface area contributed by atoms with Crippen LogP contribution in [-0.2, 0) is 11.2 Å². The van der Waals surface area contributed by atoms with Gasteiger partial charge in [-0.1, -0.05) is 6.07 Å². The number of esters is 1. The summed E-state index contributed by atoms with van der Waals surface area (Å²) in [6.45, 7) is 2.26. The molecule has 128 valence electrons. The number of aryl methyl sites for hydroxylation is 1. The first-order valence-corrected chi connectivity index (χ1v) is 9.40. The molecule has 0 saturated carbocycles. The van der Waals surface area contributed by atoms with E-state index in [0.717, 1.165) is 10.6 Å². The quantitative estimate of drug-likeness (QED) is 0.660. The third kappa shape index (κ3) is 4.52. The van der Waals surface area contributed by atoms with Crippen molar-refractivity contribution in [2.45, 2.75) is 13.3 Å². The van der Waals surface area contributed by atoms with Gasteiger partial charge >= 0.3 is 5.97 Å². The van der Waals surface area contributed by atoms with Crippen LogP contribution in [0.25, 0.3) is 0 Å². The molecule has 0 spiro atoms. The van der Waals surface area contributed by atoms with Gasteiger partial charge in [-0.15, -0.1) is 22.7 Å². The van der Waals surface area contributed by atoms with E-state index in [1.165, 1.54) is 11.3 Å². The molecule has 3 aromatic rings. The minimum Gasteiger partial charge on any atom is -0.462 e. The summed E-state index contributed by atoms with van der Waals surface area (Å²) in [5, 5.41) is 4.64. The van der Waals surface area contributed by atoms with Crippen LogP contribution in [-0.4, -0.2) is 23.5 Å². The second-order valence-corrected chi connectivity index (χ2v) is 7.14. The Morgan fingerprint density at radius 1 is 1.16 bits per heavy atom. The average molecular weight is 372 g/mol. The van der Waals surface area contributed by atoms with E-state index in [9.17, 15) is 9.59 Å². The average Bonchev–Trinajstić information content (AvgIpc) is 3.28. The molecule has 3 rings (SSSR count). The van der Waals surface area contributed by atoms with E-state index in [2.05, 4.69) is 10.3 Å². The van der Waals surface area contributed by atoms with Crippen molar-refractivity contribution in [3.05, 3.63) is 68.3 Å². The molecule has 0 fully saturated rings. The lowest BCUT2D eigenvalue weighted by Crippen LogP contribution is -2.11. The second-order valence-electron chi connectivity index (χ2n) is 5.26. The number of thiazole rings is 1. The first-order chi connectivity index (χ1) is 12.1. The van der Waals surface area contributed by atoms with Gasteiger partial charge in [0.15, 0.2) is 0 Å². The van der Waals surface area contributed by atoms with Gasteiger partial charge in [0.25, 0.3) is 5.91 Å². The van der Waals surface area contributed by atoms with Crippen LogP contribution in [0, 0.1) is 6.92 Å². The van der Waals surface area contributed by atoms with Gasteiger partial charge in [-0.05, 0) is 42.6 Å². The van der Waals surface area contributed by atoms with Gasteiger partial charge in [0, 0.05) is 17.0 Å². The van der Waals surface area contributed by atoms with E-state index in [1.807, 2.05) is 18.4 Å². The fourth-order valence-electron chi connectivity index (χ4n) is 2.18. The van der Waals surface area contributed by atoms with Gasteiger partial charge in [-0.2, -0.15) is 0 Å². The number of carbonyl (C=O) groups is 2. The van der Waals surface area contributed by atoms with Crippen molar-refractivity contribution in [1.82, 2.24) is 4.98 Å². The Morgan fingerprint density at radius 2 is 1.96 bits per heavy atom. The molecule has 0 unspecified atom stereocenters. The fourth-order valence-corrected chi connectivity index (χ4v) is 3.56. The van der Waals surface area contributed by atoms with Crippen LogP contribution in [0.15, 0.2) is 47.3 Å². The molecule has 1 aromatic carbocycles. The number of ether oxygens (including phenoxy) is 1. The second kappa shape index (κ2) is 8.04. The predicted molar refractivity (Wildman–Crippen MR) is 99.6 cm³/mol. The standard InChI is InChI=1S/C18H16N2O3S2/c1-12-15(25-11-19-12)8-9-23-18(22)13-4-6-14(7-5-13)20-17(21)16-3-2-10-24-16/h2-7,10-11H,8-9H2,1H3,(H,20,21). The van der Waals surface area contributed by atoms with Crippen LogP contribution < -0.4 is 5.32 Å². The molecule has 0 aliphatic carbocycles. The molecule has 7 heteroatoms. The molecule has 1 N–H and O–H groups in total. The van der Waals surface area contributed by atoms with Gasteiger partial charge in [0.1, 0.15) is 0 Å². The van der Waals surface area contributed by atoms with E-state index < -0.39 is 0 Å². The molecule has 0 saturated heterocycles. The lowest BCUT2D eigenvalue weighted by Gasteiger charge is -2.06. The summed E-state index contributed by atoms with van der Waals surface area (Å²) in [6.07, 6.45) is 0.664. The molecule has 1 amide bonds. The SMILES string of the molecule is Cc1ncsc1CCOC(=O)c1ccc(NC(=O)c2cccs2)cc1. The zero-order valence-corrected chi connectivity index (χ0v) is 15.2. The van der Waals surface area contributed by atoms with Crippen LogP contribution >= 0.6 is 22.7 Å². The number of nitrogens with zero attached hydrogens (tertiary/aromatic N) is 1. The van der Waals surface area contributed by atoms with Crippen molar-refractivity contribution >= 4 is 40.2 Å². The van der Waals surface area contributed by atoms with Crippen LogP contribution in [0.3, 0.4) is 0 Å². The highest BCUT2D eigenvalue weighted by molar-refractivity contribution is 7.12. The van der Waals surface area contributed by atoms with Crippen LogP contribution in [0.5, 0.6) is 0 Å². The summed E-state index contributed by atoms with van der Waals surface area (Å²) in [7, 11) is 0. The molecule has 0 bridgehead atoms. The Hall–Kier alpha value is -2.51. The Kier molecular flexibility index (Phi) is 5.57. The van der Waals surface area contributed by atoms with Crippen molar-refractivity contribution < 1.29 is 14.3 Å². The summed E-state index contributed by atoms with van der Waals surface area (Å²) in [6, 6.07) is 10.3. The lowest BCUT2D eigenvalue weighted by atomic mass is 10.2. The minimum absolute atomic E-state index is 0.162. The predicted octanol–water partition coefficient (Wildman–Crippen LogP) is 4.16. The fraction of sp³-hybridized carbons (Fsp3) is 0.167.